The lowest BCUT2D eigenvalue weighted by atomic mass is 9.80. The molecule has 0 radical (unpaired) electrons. The second-order valence-electron chi connectivity index (χ2n) is 3.48. The summed E-state index contributed by atoms with van der Waals surface area (Å²) in [6.45, 7) is 3.86. The fourth-order valence-corrected chi connectivity index (χ4v) is 1.77. The Hall–Kier alpha value is -0.120. The van der Waals surface area contributed by atoms with Crippen LogP contribution in [0.4, 0.5) is 0 Å². The molecule has 0 bridgehead atoms. The molecule has 58 valence electrons. The molecule has 3 heteroatoms. The maximum atomic E-state index is 5.49. The lowest BCUT2D eigenvalue weighted by Gasteiger charge is -2.37. The molecule has 1 atom stereocenters. The summed E-state index contributed by atoms with van der Waals surface area (Å²) >= 11 is 0. The first-order valence-electron chi connectivity index (χ1n) is 3.87. The van der Waals surface area contributed by atoms with E-state index in [1.807, 2.05) is 0 Å². The first-order valence-corrected chi connectivity index (χ1v) is 3.87. The molecule has 2 aliphatic heterocycles. The van der Waals surface area contributed by atoms with Crippen LogP contribution in [0.3, 0.4) is 0 Å². The minimum atomic E-state index is 0.335. The van der Waals surface area contributed by atoms with Crippen molar-refractivity contribution in [1.29, 1.82) is 0 Å². The first kappa shape index (κ1) is 6.58. The fourth-order valence-electron chi connectivity index (χ4n) is 1.77. The predicted molar refractivity (Wildman–Crippen MR) is 38.7 cm³/mol. The van der Waals surface area contributed by atoms with Crippen LogP contribution in [0.15, 0.2) is 0 Å². The van der Waals surface area contributed by atoms with Crippen LogP contribution < -0.4 is 11.1 Å². The summed E-state index contributed by atoms with van der Waals surface area (Å²) < 4.78 is 5.49. The summed E-state index contributed by atoms with van der Waals surface area (Å²) in [6, 6.07) is 0. The molecule has 0 aromatic heterocycles. The van der Waals surface area contributed by atoms with Crippen molar-refractivity contribution >= 4 is 0 Å². The highest BCUT2D eigenvalue weighted by molar-refractivity contribution is 4.97. The molecule has 2 rings (SSSR count). The van der Waals surface area contributed by atoms with Crippen molar-refractivity contribution in [2.45, 2.75) is 12.5 Å². The maximum Gasteiger partial charge on any atom is 0.0704 e. The Morgan fingerprint density at radius 2 is 2.40 bits per heavy atom. The molecule has 3 nitrogen and oxygen atoms in total. The largest absolute Gasteiger partial charge is 0.376 e. The zero-order valence-electron chi connectivity index (χ0n) is 6.10. The Morgan fingerprint density at radius 1 is 1.60 bits per heavy atom. The third-order valence-electron chi connectivity index (χ3n) is 2.55. The van der Waals surface area contributed by atoms with Crippen molar-refractivity contribution in [3.05, 3.63) is 0 Å². The number of nitrogens with two attached hydrogens (primary N) is 1. The van der Waals surface area contributed by atoms with E-state index >= 15 is 0 Å². The van der Waals surface area contributed by atoms with E-state index in [1.54, 1.807) is 0 Å². The molecule has 0 aromatic carbocycles. The van der Waals surface area contributed by atoms with Crippen molar-refractivity contribution in [2.75, 3.05) is 26.2 Å². The van der Waals surface area contributed by atoms with Crippen LogP contribution in [0.2, 0.25) is 0 Å². The molecule has 3 N–H and O–H groups in total. The number of rotatable bonds is 1. The minimum absolute atomic E-state index is 0.335. The summed E-state index contributed by atoms with van der Waals surface area (Å²) in [5.74, 6) is 0. The number of hydrogen-bond acceptors (Lipinski definition) is 3. The molecule has 0 unspecified atom stereocenters. The average Bonchev–Trinajstić information content (AvgIpc) is 2.29. The van der Waals surface area contributed by atoms with E-state index in [9.17, 15) is 0 Å². The maximum absolute atomic E-state index is 5.49. The van der Waals surface area contributed by atoms with Gasteiger partial charge in [-0.2, -0.15) is 0 Å². The lowest BCUT2D eigenvalue weighted by Crippen LogP contribution is -2.54. The van der Waals surface area contributed by atoms with Crippen molar-refractivity contribution in [3.8, 4) is 0 Å². The van der Waals surface area contributed by atoms with E-state index in [4.69, 9.17) is 10.5 Å². The molecule has 10 heavy (non-hydrogen) atoms. The number of ether oxygens (including phenoxy) is 1. The monoisotopic (exact) mass is 142 g/mol. The van der Waals surface area contributed by atoms with Crippen molar-refractivity contribution in [3.63, 3.8) is 0 Å². The van der Waals surface area contributed by atoms with E-state index in [-0.39, 0.29) is 0 Å². The van der Waals surface area contributed by atoms with Gasteiger partial charge in [-0.1, -0.05) is 0 Å². The highest BCUT2D eigenvalue weighted by Gasteiger charge is 2.44. The van der Waals surface area contributed by atoms with Crippen molar-refractivity contribution < 1.29 is 4.74 Å². The predicted octanol–water partition coefficient (Wildman–Crippen LogP) is -0.676. The third kappa shape index (κ3) is 0.856. The Labute approximate surface area is 60.9 Å². The third-order valence-corrected chi connectivity index (χ3v) is 2.55. The van der Waals surface area contributed by atoms with Gasteiger partial charge in [0.2, 0.25) is 0 Å². The quantitative estimate of drug-likeness (QED) is 0.510. The Bertz CT molecular complexity index is 134. The summed E-state index contributed by atoms with van der Waals surface area (Å²) in [5, 5.41) is 3.27. The van der Waals surface area contributed by atoms with Gasteiger partial charge in [-0.15, -0.1) is 0 Å². The van der Waals surface area contributed by atoms with Crippen LogP contribution in [0.5, 0.6) is 0 Å². The van der Waals surface area contributed by atoms with E-state index in [2.05, 4.69) is 5.32 Å². The topological polar surface area (TPSA) is 47.3 Å². The van der Waals surface area contributed by atoms with Crippen molar-refractivity contribution in [1.82, 2.24) is 5.32 Å². The summed E-state index contributed by atoms with van der Waals surface area (Å²) in [7, 11) is 0. The van der Waals surface area contributed by atoms with Gasteiger partial charge in [0.15, 0.2) is 0 Å². The normalized spacial score (nSPS) is 36.3. The van der Waals surface area contributed by atoms with Gasteiger partial charge in [0.1, 0.15) is 0 Å². The second kappa shape index (κ2) is 2.19. The Kier molecular flexibility index (Phi) is 1.44. The van der Waals surface area contributed by atoms with Gasteiger partial charge in [0, 0.05) is 25.0 Å². The van der Waals surface area contributed by atoms with E-state index < -0.39 is 0 Å². The highest BCUT2D eigenvalue weighted by Crippen LogP contribution is 2.35. The molecule has 2 heterocycles. The van der Waals surface area contributed by atoms with Gasteiger partial charge in [-0.25, -0.2) is 0 Å². The SMILES string of the molecule is NC[C@H]1CC2(CNC2)CO1. The summed E-state index contributed by atoms with van der Waals surface area (Å²) in [6.07, 6.45) is 1.50. The molecule has 2 saturated heterocycles. The molecule has 2 aliphatic rings. The Morgan fingerprint density at radius 3 is 2.70 bits per heavy atom. The molecule has 2 fully saturated rings. The van der Waals surface area contributed by atoms with Gasteiger partial charge >= 0.3 is 0 Å². The smallest absolute Gasteiger partial charge is 0.0704 e. The van der Waals surface area contributed by atoms with Gasteiger partial charge in [-0.05, 0) is 6.42 Å². The molecule has 0 amide bonds. The Balaban J connectivity index is 1.92. The first-order chi connectivity index (χ1) is 4.85. The summed E-state index contributed by atoms with van der Waals surface area (Å²) in [5.41, 5.74) is 5.96. The van der Waals surface area contributed by atoms with Crippen LogP contribution in [0, 0.1) is 5.41 Å². The van der Waals surface area contributed by atoms with Gasteiger partial charge in [0.05, 0.1) is 12.7 Å². The molecular formula is C7H14N2O. The van der Waals surface area contributed by atoms with Crippen LogP contribution in [-0.4, -0.2) is 32.3 Å². The van der Waals surface area contributed by atoms with Gasteiger partial charge in [-0.3, -0.25) is 0 Å². The van der Waals surface area contributed by atoms with Gasteiger partial charge in [0.25, 0.3) is 0 Å². The highest BCUT2D eigenvalue weighted by atomic mass is 16.5. The average molecular weight is 142 g/mol. The van der Waals surface area contributed by atoms with Crippen LogP contribution in [-0.2, 0) is 4.74 Å². The zero-order chi connectivity index (χ0) is 7.03. The van der Waals surface area contributed by atoms with E-state index in [1.165, 1.54) is 0 Å². The standard InChI is InChI=1S/C7H14N2O/c8-2-6-1-7(5-10-6)3-9-4-7/h6,9H,1-5,8H2/t6-/m1/s1. The molecular weight excluding hydrogens is 128 g/mol. The summed E-state index contributed by atoms with van der Waals surface area (Å²) in [4.78, 5) is 0. The molecule has 1 spiro atoms. The van der Waals surface area contributed by atoms with Crippen LogP contribution in [0.25, 0.3) is 0 Å². The number of hydrogen-bond donors (Lipinski definition) is 2. The van der Waals surface area contributed by atoms with Gasteiger partial charge < -0.3 is 15.8 Å². The minimum Gasteiger partial charge on any atom is -0.376 e. The van der Waals surface area contributed by atoms with Crippen LogP contribution >= 0.6 is 0 Å². The zero-order valence-corrected chi connectivity index (χ0v) is 6.10. The molecule has 0 aromatic rings. The number of nitrogens with one attached hydrogen (secondary N) is 1. The molecule has 0 aliphatic carbocycles. The fraction of sp³-hybridized carbons (Fsp3) is 1.00. The van der Waals surface area contributed by atoms with E-state index in [0.717, 1.165) is 26.1 Å². The van der Waals surface area contributed by atoms with E-state index in [0.29, 0.717) is 18.1 Å². The lowest BCUT2D eigenvalue weighted by molar-refractivity contribution is 0.0830. The van der Waals surface area contributed by atoms with Crippen LogP contribution in [0.1, 0.15) is 6.42 Å². The second-order valence-corrected chi connectivity index (χ2v) is 3.48. The van der Waals surface area contributed by atoms with Crippen molar-refractivity contribution in [2.24, 2.45) is 11.1 Å². The molecule has 0 saturated carbocycles.